The van der Waals surface area contributed by atoms with Gasteiger partial charge in [-0.2, -0.15) is 0 Å². The predicted octanol–water partition coefficient (Wildman–Crippen LogP) is 14.4. The van der Waals surface area contributed by atoms with Crippen molar-refractivity contribution in [2.75, 3.05) is 19.8 Å². The first-order chi connectivity index (χ1) is 34.1. The molecule has 4 N–H and O–H groups in total. The maximum atomic E-state index is 12.4. The van der Waals surface area contributed by atoms with Crippen molar-refractivity contribution in [1.82, 2.24) is 5.32 Å². The number of hydrogen-bond acceptors (Lipinski definition) is 8. The second kappa shape index (κ2) is 50.5. The van der Waals surface area contributed by atoms with Crippen LogP contribution in [0.25, 0.3) is 0 Å². The quantitative estimate of drug-likeness (QED) is 0.0199. The highest BCUT2D eigenvalue weighted by Gasteiger charge is 2.28. The van der Waals surface area contributed by atoms with E-state index < -0.39 is 57.6 Å². The minimum Gasteiger partial charge on any atom is -0.480 e. The van der Waals surface area contributed by atoms with Gasteiger partial charge in [0.05, 0.1) is 13.2 Å². The molecule has 3 unspecified atom stereocenters. The Morgan fingerprint density at radius 2 is 0.800 bits per heavy atom. The molecule has 0 aromatic carbocycles. The van der Waals surface area contributed by atoms with Gasteiger partial charge in [0.25, 0.3) is 0 Å². The van der Waals surface area contributed by atoms with E-state index in [0.29, 0.717) is 19.3 Å². The van der Waals surface area contributed by atoms with Gasteiger partial charge in [-0.15, -0.1) is 0 Å². The Hall–Kier alpha value is -4.90. The molecule has 12 heteroatoms. The summed E-state index contributed by atoms with van der Waals surface area (Å²) in [4.78, 5) is 46.1. The molecule has 0 aliphatic carbocycles. The van der Waals surface area contributed by atoms with E-state index in [1.54, 1.807) is 0 Å². The van der Waals surface area contributed by atoms with Gasteiger partial charge >= 0.3 is 19.8 Å². The van der Waals surface area contributed by atoms with E-state index in [1.165, 1.54) is 0 Å². The Bertz CT molecular complexity index is 1780. The number of aliphatic hydroxyl groups excluding tert-OH is 1. The molecule has 1 amide bonds. The fourth-order valence-corrected chi connectivity index (χ4v) is 6.73. The molecule has 0 aromatic heterocycles. The number of nitrogens with one attached hydrogen (secondary N) is 1. The van der Waals surface area contributed by atoms with Gasteiger partial charge in [0.15, 0.2) is 6.04 Å². The third kappa shape index (κ3) is 49.5. The summed E-state index contributed by atoms with van der Waals surface area (Å²) in [6.07, 6.45) is 72.7. The molecule has 0 aliphatic heterocycles. The van der Waals surface area contributed by atoms with E-state index >= 15 is 0 Å². The molecule has 0 radical (unpaired) electrons. The second-order valence-electron chi connectivity index (χ2n) is 16.2. The van der Waals surface area contributed by atoms with Crippen LogP contribution in [0.15, 0.2) is 158 Å². The lowest BCUT2D eigenvalue weighted by molar-refractivity contribution is -0.147. The molecular formula is C58H88NO10P. The molecule has 0 fully saturated rings. The number of hydrogen-bond donors (Lipinski definition) is 4. The normalized spacial score (nSPS) is 14.8. The van der Waals surface area contributed by atoms with Crippen molar-refractivity contribution >= 4 is 25.7 Å². The van der Waals surface area contributed by atoms with E-state index in [9.17, 15) is 34.1 Å². The van der Waals surface area contributed by atoms with E-state index in [0.717, 1.165) is 109 Å². The van der Waals surface area contributed by atoms with Crippen LogP contribution in [0, 0.1) is 0 Å². The molecule has 0 bridgehead atoms. The highest BCUT2D eigenvalue weighted by Crippen LogP contribution is 2.43. The van der Waals surface area contributed by atoms with Crippen molar-refractivity contribution in [2.24, 2.45) is 0 Å². The van der Waals surface area contributed by atoms with Crippen molar-refractivity contribution in [1.29, 1.82) is 0 Å². The number of phosphoric acid groups is 1. The van der Waals surface area contributed by atoms with Gasteiger partial charge in [-0.25, -0.2) is 9.36 Å². The van der Waals surface area contributed by atoms with Crippen molar-refractivity contribution in [2.45, 2.75) is 167 Å². The van der Waals surface area contributed by atoms with E-state index in [4.69, 9.17) is 13.8 Å². The first-order valence-corrected chi connectivity index (χ1v) is 27.0. The Labute approximate surface area is 422 Å². The number of carboxylic acid groups (broad SMARTS) is 1. The minimum absolute atomic E-state index is 0.101. The lowest BCUT2D eigenvalue weighted by Gasteiger charge is -2.18. The lowest BCUT2D eigenvalue weighted by atomic mass is 10.1. The number of rotatable bonds is 45. The SMILES string of the molecule is CC/C=C\C/C=C\C/C=C\C/C=C\C/C=C\C/C=C\C/C=C\CCCC(=O)OCC(O)COP(=O)(O)OCC(NC(=O)CCCCCC/C=C\C/C=C\C/C=C\C/C=C\C/C=C\C/C=C\CC)C(=O)O. The Kier molecular flexibility index (Phi) is 47.0. The smallest absolute Gasteiger partial charge is 0.472 e. The number of esters is 1. The second-order valence-corrected chi connectivity index (χ2v) is 17.7. The molecule has 0 saturated carbocycles. The van der Waals surface area contributed by atoms with Gasteiger partial charge in [-0.1, -0.05) is 185 Å². The van der Waals surface area contributed by atoms with Crippen LogP contribution in [0.2, 0.25) is 0 Å². The highest BCUT2D eigenvalue weighted by atomic mass is 31.2. The number of phosphoric ester groups is 1. The molecule has 70 heavy (non-hydrogen) atoms. The predicted molar refractivity (Wildman–Crippen MR) is 290 cm³/mol. The molecule has 0 saturated heterocycles. The summed E-state index contributed by atoms with van der Waals surface area (Å²) < 4.78 is 26.9. The number of ether oxygens (including phenoxy) is 1. The standard InChI is InChI=1S/C58H88NO10P/c1-3-5-7-9-11-13-15-17-19-21-23-25-27-29-31-33-35-37-39-41-43-45-47-49-56(61)59-55(58(63)64)53-69-70(65,66)68-52-54(60)51-67-57(62)50-48-46-44-42-40-38-36-34-32-30-28-26-24-22-20-18-16-14-12-10-8-6-4-2/h5-8,11-14,17-20,23-26,29-32,35-38,42,44,54-55,60H,3-4,9-10,15-16,21-22,27-28,33-34,39-41,43,45-53H2,1-2H3,(H,59,61)(H,63,64)(H,65,66)/b7-5-,8-6-,13-11-,14-12-,19-17-,20-18-,25-23-,26-24-,31-29-,32-30-,37-35-,38-36-,44-42-. The topological polar surface area (TPSA) is 169 Å². The van der Waals surface area contributed by atoms with E-state index in [1.807, 2.05) is 12.2 Å². The summed E-state index contributed by atoms with van der Waals surface area (Å²) in [5.74, 6) is -2.50. The van der Waals surface area contributed by atoms with E-state index in [2.05, 4.69) is 165 Å². The average Bonchev–Trinajstić information content (AvgIpc) is 3.34. The summed E-state index contributed by atoms with van der Waals surface area (Å²) in [6.45, 7) is 2.27. The number of aliphatic hydroxyl groups is 1. The summed E-state index contributed by atoms with van der Waals surface area (Å²) >= 11 is 0. The molecule has 0 spiro atoms. The molecule has 11 nitrogen and oxygen atoms in total. The van der Waals surface area contributed by atoms with E-state index in [-0.39, 0.29) is 12.8 Å². The average molecular weight is 990 g/mol. The molecule has 0 rings (SSSR count). The Morgan fingerprint density at radius 1 is 0.457 bits per heavy atom. The molecule has 0 aromatic rings. The van der Waals surface area contributed by atoms with Gasteiger partial charge in [-0.3, -0.25) is 18.6 Å². The fraction of sp³-hybridized carbons (Fsp3) is 0.500. The summed E-state index contributed by atoms with van der Waals surface area (Å²) in [6, 6.07) is -1.58. The van der Waals surface area contributed by atoms with Crippen LogP contribution in [-0.4, -0.2) is 64.9 Å². The Morgan fingerprint density at radius 3 is 1.19 bits per heavy atom. The van der Waals surface area contributed by atoms with Crippen LogP contribution in [0.1, 0.15) is 155 Å². The zero-order chi connectivity index (χ0) is 51.3. The van der Waals surface area contributed by atoms with Crippen LogP contribution in [0.5, 0.6) is 0 Å². The first-order valence-electron chi connectivity index (χ1n) is 25.5. The Balaban J connectivity index is 4.02. The van der Waals surface area contributed by atoms with Gasteiger partial charge in [0.1, 0.15) is 12.7 Å². The van der Waals surface area contributed by atoms with Gasteiger partial charge in [0, 0.05) is 12.8 Å². The van der Waals surface area contributed by atoms with Crippen molar-refractivity contribution in [3.8, 4) is 0 Å². The molecule has 390 valence electrons. The van der Waals surface area contributed by atoms with Gasteiger partial charge in [-0.05, 0) is 116 Å². The molecule has 3 atom stereocenters. The highest BCUT2D eigenvalue weighted by molar-refractivity contribution is 7.47. The van der Waals surface area contributed by atoms with Crippen LogP contribution in [-0.2, 0) is 32.7 Å². The molecule has 0 aliphatic rings. The van der Waals surface area contributed by atoms with Crippen molar-refractivity contribution in [3.05, 3.63) is 158 Å². The third-order valence-corrected chi connectivity index (χ3v) is 10.8. The zero-order valence-electron chi connectivity index (χ0n) is 42.5. The minimum atomic E-state index is -4.80. The number of carbonyl (C=O) groups is 3. The third-order valence-electron chi connectivity index (χ3n) is 9.81. The number of amides is 1. The molecular weight excluding hydrogens is 902 g/mol. The number of aliphatic carboxylic acids is 1. The number of carbonyl (C=O) groups excluding carboxylic acids is 2. The van der Waals surface area contributed by atoms with Crippen LogP contribution in [0.4, 0.5) is 0 Å². The van der Waals surface area contributed by atoms with Crippen molar-refractivity contribution in [3.63, 3.8) is 0 Å². The van der Waals surface area contributed by atoms with Crippen LogP contribution in [0.3, 0.4) is 0 Å². The first kappa shape index (κ1) is 65.1. The number of unbranched alkanes of at least 4 members (excludes halogenated alkanes) is 5. The van der Waals surface area contributed by atoms with Gasteiger partial charge < -0.3 is 25.2 Å². The van der Waals surface area contributed by atoms with Crippen LogP contribution >= 0.6 is 7.82 Å². The molecule has 0 heterocycles. The monoisotopic (exact) mass is 990 g/mol. The number of carboxylic acids is 1. The summed E-state index contributed by atoms with van der Waals surface area (Å²) in [5.41, 5.74) is 0. The summed E-state index contributed by atoms with van der Waals surface area (Å²) in [5, 5.41) is 21.9. The lowest BCUT2D eigenvalue weighted by Crippen LogP contribution is -2.43. The fourth-order valence-electron chi connectivity index (χ4n) is 5.95. The maximum Gasteiger partial charge on any atom is 0.472 e. The number of allylic oxidation sites excluding steroid dienone is 26. The maximum absolute atomic E-state index is 12.4. The van der Waals surface area contributed by atoms with Crippen LogP contribution < -0.4 is 5.32 Å². The largest absolute Gasteiger partial charge is 0.480 e. The summed E-state index contributed by atoms with van der Waals surface area (Å²) in [7, 11) is -4.80. The van der Waals surface area contributed by atoms with Crippen molar-refractivity contribution < 1.29 is 47.8 Å². The van der Waals surface area contributed by atoms with Gasteiger partial charge in [0.2, 0.25) is 5.91 Å². The zero-order valence-corrected chi connectivity index (χ0v) is 43.4.